The maximum absolute atomic E-state index is 9.47. The highest BCUT2D eigenvalue weighted by molar-refractivity contribution is 5.28. The van der Waals surface area contributed by atoms with Gasteiger partial charge in [0.05, 0.1) is 0 Å². The summed E-state index contributed by atoms with van der Waals surface area (Å²) in [5, 5.41) is 9.47. The van der Waals surface area contributed by atoms with E-state index >= 15 is 0 Å². The molecule has 0 radical (unpaired) electrons. The fourth-order valence-corrected chi connectivity index (χ4v) is 4.43. The van der Waals surface area contributed by atoms with E-state index in [1.807, 2.05) is 18.2 Å². The first-order chi connectivity index (χ1) is 13.3. The van der Waals surface area contributed by atoms with Crippen LogP contribution in [0, 0.1) is 0 Å². The molecule has 2 aromatic carbocycles. The summed E-state index contributed by atoms with van der Waals surface area (Å²) in [5.74, 6) is 0.912. The maximum Gasteiger partial charge on any atom is 0.119 e. The smallest absolute Gasteiger partial charge is 0.119 e. The normalized spacial score (nSPS) is 23.3. The average Bonchev–Trinajstić information content (AvgIpc) is 3.16. The minimum atomic E-state index is 0.270. The summed E-state index contributed by atoms with van der Waals surface area (Å²) in [7, 11) is 0. The van der Waals surface area contributed by atoms with Crippen molar-refractivity contribution >= 4 is 0 Å². The van der Waals surface area contributed by atoms with Crippen molar-refractivity contribution in [1.82, 2.24) is 9.80 Å². The second-order valence-electron chi connectivity index (χ2n) is 7.80. The molecule has 2 aliphatic heterocycles. The Labute approximate surface area is 162 Å². The van der Waals surface area contributed by atoms with Gasteiger partial charge in [0, 0.05) is 38.3 Å². The number of piperazine rings is 1. The molecule has 4 heteroatoms. The molecule has 0 saturated carbocycles. The summed E-state index contributed by atoms with van der Waals surface area (Å²) in [6.07, 6.45) is 3.49. The van der Waals surface area contributed by atoms with Crippen LogP contribution in [0.4, 0.5) is 0 Å². The van der Waals surface area contributed by atoms with Crippen LogP contribution in [0.15, 0.2) is 54.6 Å². The molecule has 27 heavy (non-hydrogen) atoms. The molecular weight excluding hydrogens is 336 g/mol. The third-order valence-corrected chi connectivity index (χ3v) is 5.93. The van der Waals surface area contributed by atoms with E-state index in [-0.39, 0.29) is 6.61 Å². The van der Waals surface area contributed by atoms with Crippen LogP contribution in [-0.2, 0) is 13.2 Å². The highest BCUT2D eigenvalue weighted by atomic mass is 16.5. The minimum Gasteiger partial charge on any atom is -0.489 e. The lowest BCUT2D eigenvalue weighted by Gasteiger charge is -2.43. The zero-order valence-electron chi connectivity index (χ0n) is 16.0. The zero-order valence-corrected chi connectivity index (χ0v) is 16.0. The quantitative estimate of drug-likeness (QED) is 0.816. The first-order valence-corrected chi connectivity index (χ1v) is 10.2. The maximum atomic E-state index is 9.47. The van der Waals surface area contributed by atoms with Gasteiger partial charge in [-0.2, -0.15) is 0 Å². The van der Waals surface area contributed by atoms with Gasteiger partial charge in [-0.1, -0.05) is 42.5 Å². The fourth-order valence-electron chi connectivity index (χ4n) is 4.43. The lowest BCUT2D eigenvalue weighted by Crippen LogP contribution is -2.55. The summed E-state index contributed by atoms with van der Waals surface area (Å²) < 4.78 is 5.90. The first-order valence-electron chi connectivity index (χ1n) is 10.2. The van der Waals surface area contributed by atoms with Crippen LogP contribution < -0.4 is 4.74 Å². The standard InChI is InChI=1S/C23H30N2O2/c26-14-12-22-16-24-13-4-7-21(24)17-25(22)15-19-8-10-23(11-9-19)27-18-20-5-2-1-3-6-20/h1-3,5-6,8-11,21-22,26H,4,7,12-18H2/t21-,22-/m0/s1. The molecule has 2 saturated heterocycles. The fraction of sp³-hybridized carbons (Fsp3) is 0.478. The zero-order chi connectivity index (χ0) is 18.5. The summed E-state index contributed by atoms with van der Waals surface area (Å²) in [6, 6.07) is 19.9. The predicted octanol–water partition coefficient (Wildman–Crippen LogP) is 3.30. The van der Waals surface area contributed by atoms with Crippen molar-refractivity contribution in [3.63, 3.8) is 0 Å². The van der Waals surface area contributed by atoms with Crippen molar-refractivity contribution in [3.8, 4) is 5.75 Å². The monoisotopic (exact) mass is 366 g/mol. The molecule has 4 rings (SSSR count). The number of rotatable bonds is 7. The molecule has 0 bridgehead atoms. The Morgan fingerprint density at radius 3 is 2.56 bits per heavy atom. The van der Waals surface area contributed by atoms with E-state index in [0.717, 1.165) is 31.8 Å². The van der Waals surface area contributed by atoms with Crippen LogP contribution in [0.25, 0.3) is 0 Å². The van der Waals surface area contributed by atoms with E-state index in [2.05, 4.69) is 46.2 Å². The Bertz CT molecular complexity index is 704. The van der Waals surface area contributed by atoms with E-state index in [9.17, 15) is 5.11 Å². The van der Waals surface area contributed by atoms with Gasteiger partial charge in [0.25, 0.3) is 0 Å². The van der Waals surface area contributed by atoms with Crippen LogP contribution in [0.3, 0.4) is 0 Å². The molecule has 0 aromatic heterocycles. The highest BCUT2D eigenvalue weighted by Crippen LogP contribution is 2.27. The summed E-state index contributed by atoms with van der Waals surface area (Å²) in [5.41, 5.74) is 2.50. The lowest BCUT2D eigenvalue weighted by atomic mass is 10.0. The molecule has 2 aliphatic rings. The lowest BCUT2D eigenvalue weighted by molar-refractivity contribution is 0.0333. The van der Waals surface area contributed by atoms with E-state index in [0.29, 0.717) is 18.7 Å². The number of hydrogen-bond donors (Lipinski definition) is 1. The van der Waals surface area contributed by atoms with Gasteiger partial charge in [-0.3, -0.25) is 9.80 Å². The van der Waals surface area contributed by atoms with Crippen molar-refractivity contribution < 1.29 is 9.84 Å². The number of fused-ring (bicyclic) bond motifs is 1. The van der Waals surface area contributed by atoms with E-state index < -0.39 is 0 Å². The molecule has 0 spiro atoms. The second kappa shape index (κ2) is 8.87. The Hall–Kier alpha value is -1.88. The van der Waals surface area contributed by atoms with E-state index in [4.69, 9.17) is 4.74 Å². The third-order valence-electron chi connectivity index (χ3n) is 5.93. The van der Waals surface area contributed by atoms with Gasteiger partial charge in [-0.25, -0.2) is 0 Å². The molecule has 0 aliphatic carbocycles. The van der Waals surface area contributed by atoms with Crippen LogP contribution >= 0.6 is 0 Å². The van der Waals surface area contributed by atoms with Crippen LogP contribution in [0.5, 0.6) is 5.75 Å². The highest BCUT2D eigenvalue weighted by Gasteiger charge is 2.35. The number of hydrogen-bond acceptors (Lipinski definition) is 4. The molecule has 4 nitrogen and oxygen atoms in total. The molecule has 1 N–H and O–H groups in total. The van der Waals surface area contributed by atoms with Gasteiger partial charge < -0.3 is 9.84 Å². The second-order valence-corrected chi connectivity index (χ2v) is 7.80. The molecule has 2 aromatic rings. The van der Waals surface area contributed by atoms with Crippen molar-refractivity contribution in [2.75, 3.05) is 26.2 Å². The van der Waals surface area contributed by atoms with Gasteiger partial charge in [-0.15, -0.1) is 0 Å². The van der Waals surface area contributed by atoms with Crippen LogP contribution in [0.1, 0.15) is 30.4 Å². The summed E-state index contributed by atoms with van der Waals surface area (Å²) in [6.45, 7) is 5.27. The van der Waals surface area contributed by atoms with Crippen molar-refractivity contribution in [2.45, 2.75) is 44.5 Å². The number of benzene rings is 2. The van der Waals surface area contributed by atoms with Gasteiger partial charge >= 0.3 is 0 Å². The van der Waals surface area contributed by atoms with Crippen LogP contribution in [0.2, 0.25) is 0 Å². The summed E-state index contributed by atoms with van der Waals surface area (Å²) in [4.78, 5) is 5.19. The molecule has 0 unspecified atom stereocenters. The molecule has 0 amide bonds. The van der Waals surface area contributed by atoms with Crippen molar-refractivity contribution in [2.24, 2.45) is 0 Å². The molecule has 144 valence electrons. The Balaban J connectivity index is 1.35. The first kappa shape index (κ1) is 18.5. The largest absolute Gasteiger partial charge is 0.489 e. The number of aliphatic hydroxyl groups is 1. The molecule has 2 atom stereocenters. The predicted molar refractivity (Wildman–Crippen MR) is 108 cm³/mol. The summed E-state index contributed by atoms with van der Waals surface area (Å²) >= 11 is 0. The molecule has 2 heterocycles. The van der Waals surface area contributed by atoms with Crippen molar-refractivity contribution in [3.05, 3.63) is 65.7 Å². The van der Waals surface area contributed by atoms with Gasteiger partial charge in [0.2, 0.25) is 0 Å². The van der Waals surface area contributed by atoms with Gasteiger partial charge in [0.15, 0.2) is 0 Å². The number of ether oxygens (including phenoxy) is 1. The van der Waals surface area contributed by atoms with Gasteiger partial charge in [0.1, 0.15) is 12.4 Å². The van der Waals surface area contributed by atoms with E-state index in [1.165, 1.54) is 30.5 Å². The van der Waals surface area contributed by atoms with Crippen molar-refractivity contribution in [1.29, 1.82) is 0 Å². The molecular formula is C23H30N2O2. The molecule has 2 fully saturated rings. The average molecular weight is 367 g/mol. The Morgan fingerprint density at radius 2 is 1.78 bits per heavy atom. The van der Waals surface area contributed by atoms with E-state index in [1.54, 1.807) is 0 Å². The SMILES string of the molecule is OCC[C@H]1CN2CCC[C@H]2CN1Cc1ccc(OCc2ccccc2)cc1. The number of nitrogens with zero attached hydrogens (tertiary/aromatic N) is 2. The topological polar surface area (TPSA) is 35.9 Å². The third kappa shape index (κ3) is 4.70. The van der Waals surface area contributed by atoms with Gasteiger partial charge in [-0.05, 0) is 49.1 Å². The Morgan fingerprint density at radius 1 is 0.963 bits per heavy atom. The number of aliphatic hydroxyl groups excluding tert-OH is 1. The van der Waals surface area contributed by atoms with Crippen LogP contribution in [-0.4, -0.2) is 53.2 Å². The Kier molecular flexibility index (Phi) is 6.07. The minimum absolute atomic E-state index is 0.270.